The molecule has 0 spiro atoms. The standard InChI is InChI=1S/C31H36F4N2O3/c1-40-25-10-12-29-27(19-25)26(14-16-36-29)28(32)11-6-22-15-18-37(20-23(22)7-13-30(38)39)17-2-3-21-4-8-24(9-5-21)31(33,34)35/h4-5,8-10,12,14,16,19,22-23,28H,2-3,6-7,11,13,15,17-18,20H2,1H3,(H,38,39)/t22?,23?,28-/m0/s1. The molecular weight excluding hydrogens is 524 g/mol. The van der Waals surface area contributed by atoms with E-state index in [0.717, 1.165) is 55.6 Å². The number of fused-ring (bicyclic) bond motifs is 1. The lowest BCUT2D eigenvalue weighted by Crippen LogP contribution is -2.41. The Balaban J connectivity index is 1.33. The molecule has 2 aromatic carbocycles. The highest BCUT2D eigenvalue weighted by Gasteiger charge is 2.31. The molecule has 2 unspecified atom stereocenters. The topological polar surface area (TPSA) is 62.7 Å². The van der Waals surface area contributed by atoms with Crippen LogP contribution in [0.5, 0.6) is 5.75 Å². The van der Waals surface area contributed by atoms with Gasteiger partial charge in [-0.1, -0.05) is 12.1 Å². The summed E-state index contributed by atoms with van der Waals surface area (Å²) in [6.07, 6.45) is 0.0824. The maximum absolute atomic E-state index is 15.6. The van der Waals surface area contributed by atoms with Crippen molar-refractivity contribution in [3.8, 4) is 5.75 Å². The van der Waals surface area contributed by atoms with Crippen LogP contribution >= 0.6 is 0 Å². The number of hydrogen-bond donors (Lipinski definition) is 1. The monoisotopic (exact) mass is 560 g/mol. The van der Waals surface area contributed by atoms with Gasteiger partial charge in [0.15, 0.2) is 0 Å². The van der Waals surface area contributed by atoms with E-state index in [9.17, 15) is 23.1 Å². The van der Waals surface area contributed by atoms with Gasteiger partial charge >= 0.3 is 12.1 Å². The van der Waals surface area contributed by atoms with Crippen molar-refractivity contribution in [2.45, 2.75) is 57.3 Å². The molecule has 0 radical (unpaired) electrons. The second-order valence-corrected chi connectivity index (χ2v) is 10.7. The third kappa shape index (κ3) is 7.93. The highest BCUT2D eigenvalue weighted by Crippen LogP contribution is 2.37. The summed E-state index contributed by atoms with van der Waals surface area (Å²) in [7, 11) is 1.57. The second-order valence-electron chi connectivity index (χ2n) is 10.7. The van der Waals surface area contributed by atoms with Crippen LogP contribution in [0.2, 0.25) is 0 Å². The van der Waals surface area contributed by atoms with Crippen molar-refractivity contribution < 1.29 is 32.2 Å². The fourth-order valence-electron chi connectivity index (χ4n) is 5.80. The number of pyridine rings is 1. The van der Waals surface area contributed by atoms with Gasteiger partial charge in [-0.25, -0.2) is 4.39 Å². The third-order valence-corrected chi connectivity index (χ3v) is 8.04. The second kappa shape index (κ2) is 13.4. The van der Waals surface area contributed by atoms with E-state index in [1.165, 1.54) is 12.1 Å². The number of nitrogens with zero attached hydrogens (tertiary/aromatic N) is 2. The summed E-state index contributed by atoms with van der Waals surface area (Å²) >= 11 is 0. The van der Waals surface area contributed by atoms with Crippen LogP contribution in [0.15, 0.2) is 54.7 Å². The van der Waals surface area contributed by atoms with Crippen molar-refractivity contribution in [2.75, 3.05) is 26.7 Å². The molecular formula is C31H36F4N2O3. The van der Waals surface area contributed by atoms with E-state index in [4.69, 9.17) is 4.74 Å². The molecule has 1 aliphatic rings. The van der Waals surface area contributed by atoms with Crippen LogP contribution < -0.4 is 4.74 Å². The number of hydrogen-bond acceptors (Lipinski definition) is 4. The zero-order valence-corrected chi connectivity index (χ0v) is 22.7. The van der Waals surface area contributed by atoms with Crippen molar-refractivity contribution in [1.29, 1.82) is 0 Å². The Morgan fingerprint density at radius 1 is 1.12 bits per heavy atom. The van der Waals surface area contributed by atoms with Gasteiger partial charge in [0.25, 0.3) is 0 Å². The van der Waals surface area contributed by atoms with E-state index in [0.29, 0.717) is 42.5 Å². The van der Waals surface area contributed by atoms with E-state index in [-0.39, 0.29) is 18.3 Å². The quantitative estimate of drug-likeness (QED) is 0.233. The van der Waals surface area contributed by atoms with Crippen LogP contribution in [0.1, 0.15) is 61.4 Å². The Bertz CT molecular complexity index is 1270. The smallest absolute Gasteiger partial charge is 0.416 e. The number of halogens is 4. The van der Waals surface area contributed by atoms with E-state index in [1.807, 2.05) is 12.1 Å². The largest absolute Gasteiger partial charge is 0.497 e. The fraction of sp³-hybridized carbons (Fsp3) is 0.484. The normalized spacial score (nSPS) is 19.0. The first-order valence-electron chi connectivity index (χ1n) is 13.8. The molecule has 1 saturated heterocycles. The van der Waals surface area contributed by atoms with Crippen molar-refractivity contribution in [1.82, 2.24) is 9.88 Å². The summed E-state index contributed by atoms with van der Waals surface area (Å²) in [5, 5.41) is 10.0. The molecule has 0 amide bonds. The summed E-state index contributed by atoms with van der Waals surface area (Å²) in [6.45, 7) is 2.37. The molecule has 0 bridgehead atoms. The number of ether oxygens (including phenoxy) is 1. The molecule has 1 N–H and O–H groups in total. The Morgan fingerprint density at radius 3 is 2.60 bits per heavy atom. The summed E-state index contributed by atoms with van der Waals surface area (Å²) in [4.78, 5) is 18.0. The average Bonchev–Trinajstić information content (AvgIpc) is 2.94. The lowest BCUT2D eigenvalue weighted by Gasteiger charge is -2.39. The van der Waals surface area contributed by atoms with Crippen molar-refractivity contribution in [3.63, 3.8) is 0 Å². The number of carboxylic acid groups (broad SMARTS) is 1. The number of likely N-dealkylation sites (tertiary alicyclic amines) is 1. The number of aliphatic carboxylic acids is 1. The minimum Gasteiger partial charge on any atom is -0.497 e. The van der Waals surface area contributed by atoms with Crippen molar-refractivity contribution in [2.24, 2.45) is 11.8 Å². The molecule has 3 atom stereocenters. The highest BCUT2D eigenvalue weighted by atomic mass is 19.4. The summed E-state index contributed by atoms with van der Waals surface area (Å²) in [5.41, 5.74) is 1.52. The maximum Gasteiger partial charge on any atom is 0.416 e. The van der Waals surface area contributed by atoms with Gasteiger partial charge in [0, 0.05) is 24.5 Å². The van der Waals surface area contributed by atoms with Gasteiger partial charge in [-0.15, -0.1) is 0 Å². The average molecular weight is 561 g/mol. The Labute approximate surface area is 232 Å². The molecule has 40 heavy (non-hydrogen) atoms. The Kier molecular flexibility index (Phi) is 10.0. The molecule has 0 aliphatic carbocycles. The van der Waals surface area contributed by atoms with Crippen LogP contribution in [0, 0.1) is 11.8 Å². The predicted molar refractivity (Wildman–Crippen MR) is 146 cm³/mol. The summed E-state index contributed by atoms with van der Waals surface area (Å²) in [5.74, 6) is 0.191. The van der Waals surface area contributed by atoms with Crippen LogP contribution in [0.4, 0.5) is 17.6 Å². The van der Waals surface area contributed by atoms with E-state index in [2.05, 4.69) is 9.88 Å². The first-order valence-corrected chi connectivity index (χ1v) is 13.8. The molecule has 2 heterocycles. The first-order chi connectivity index (χ1) is 19.1. The SMILES string of the molecule is COc1ccc2nccc([C@@H](F)CCC3CCN(CCCc4ccc(C(F)(F)F)cc4)CC3CCC(=O)O)c2c1. The summed E-state index contributed by atoms with van der Waals surface area (Å²) in [6, 6.07) is 12.4. The zero-order chi connectivity index (χ0) is 28.7. The molecule has 1 aromatic heterocycles. The van der Waals surface area contributed by atoms with E-state index < -0.39 is 23.9 Å². The Hall–Kier alpha value is -3.20. The number of aryl methyl sites for hydroxylation is 1. The molecule has 216 valence electrons. The minimum atomic E-state index is -4.34. The van der Waals surface area contributed by atoms with Crippen LogP contribution in [-0.2, 0) is 17.4 Å². The summed E-state index contributed by atoms with van der Waals surface area (Å²) < 4.78 is 59.3. The number of aromatic nitrogens is 1. The van der Waals surface area contributed by atoms with Crippen LogP contribution in [-0.4, -0.2) is 47.7 Å². The van der Waals surface area contributed by atoms with Gasteiger partial charge in [0.2, 0.25) is 0 Å². The number of rotatable bonds is 12. The minimum absolute atomic E-state index is 0.0778. The van der Waals surface area contributed by atoms with Crippen LogP contribution in [0.25, 0.3) is 10.9 Å². The number of benzene rings is 2. The lowest BCUT2D eigenvalue weighted by molar-refractivity contribution is -0.138. The molecule has 9 heteroatoms. The highest BCUT2D eigenvalue weighted by molar-refractivity contribution is 5.83. The van der Waals surface area contributed by atoms with Gasteiger partial charge in [-0.3, -0.25) is 9.78 Å². The van der Waals surface area contributed by atoms with Crippen molar-refractivity contribution >= 4 is 16.9 Å². The first kappa shape index (κ1) is 29.8. The van der Waals surface area contributed by atoms with E-state index >= 15 is 4.39 Å². The Morgan fingerprint density at radius 2 is 1.90 bits per heavy atom. The number of carbonyl (C=O) groups is 1. The van der Waals surface area contributed by atoms with Gasteiger partial charge in [-0.05, 0) is 111 Å². The number of alkyl halides is 4. The molecule has 1 fully saturated rings. The fourth-order valence-corrected chi connectivity index (χ4v) is 5.80. The van der Waals surface area contributed by atoms with Gasteiger partial charge in [0.1, 0.15) is 11.9 Å². The van der Waals surface area contributed by atoms with Gasteiger partial charge in [-0.2, -0.15) is 13.2 Å². The molecule has 1 aliphatic heterocycles. The maximum atomic E-state index is 15.6. The van der Waals surface area contributed by atoms with Crippen molar-refractivity contribution in [3.05, 3.63) is 71.4 Å². The number of methoxy groups -OCH3 is 1. The number of carboxylic acids is 1. The predicted octanol–water partition coefficient (Wildman–Crippen LogP) is 7.49. The third-order valence-electron chi connectivity index (χ3n) is 8.04. The number of piperidine rings is 1. The molecule has 4 rings (SSSR count). The van der Waals surface area contributed by atoms with Gasteiger partial charge in [0.05, 0.1) is 18.2 Å². The molecule has 3 aromatic rings. The molecule has 0 saturated carbocycles. The van der Waals surface area contributed by atoms with Crippen LogP contribution in [0.3, 0.4) is 0 Å². The van der Waals surface area contributed by atoms with E-state index in [1.54, 1.807) is 25.4 Å². The zero-order valence-electron chi connectivity index (χ0n) is 22.7. The van der Waals surface area contributed by atoms with Gasteiger partial charge < -0.3 is 14.7 Å². The lowest BCUT2D eigenvalue weighted by atomic mass is 9.79. The molecule has 5 nitrogen and oxygen atoms in total.